The predicted octanol–water partition coefficient (Wildman–Crippen LogP) is 11.3. The summed E-state index contributed by atoms with van der Waals surface area (Å²) in [5.41, 5.74) is 0.413. The molecule has 12 aromatic rings. The van der Waals surface area contributed by atoms with Gasteiger partial charge in [-0.05, 0) is 103 Å². The highest BCUT2D eigenvalue weighted by Gasteiger charge is 2.06. The Kier molecular flexibility index (Phi) is 19.3. The first kappa shape index (κ1) is 57.2. The van der Waals surface area contributed by atoms with E-state index in [4.69, 9.17) is 64.3 Å². The lowest BCUT2D eigenvalue weighted by Gasteiger charge is -2.06. The molecule has 21 heteroatoms. The van der Waals surface area contributed by atoms with Gasteiger partial charge in [-0.1, -0.05) is 41.4 Å². The minimum Gasteiger partial charge on any atom is -0.508 e. The molecule has 2 N–H and O–H groups in total. The molecule has 0 aliphatic rings. The summed E-state index contributed by atoms with van der Waals surface area (Å²) in [5.74, 6) is 0.00256. The van der Waals surface area contributed by atoms with Crippen molar-refractivity contribution in [3.63, 3.8) is 0 Å². The van der Waals surface area contributed by atoms with Gasteiger partial charge in [0, 0.05) is 112 Å². The van der Waals surface area contributed by atoms with Crippen LogP contribution in [0.1, 0.15) is 13.8 Å². The minimum atomic E-state index is -0.450. The van der Waals surface area contributed by atoms with Gasteiger partial charge in [0.2, 0.25) is 6.79 Å². The molecule has 0 bridgehead atoms. The zero-order valence-corrected chi connectivity index (χ0v) is 43.1. The summed E-state index contributed by atoms with van der Waals surface area (Å²) in [6, 6.07) is 48.1. The second-order valence-corrected chi connectivity index (χ2v) is 17.0. The molecule has 0 atom stereocenters. The van der Waals surface area contributed by atoms with E-state index in [-0.39, 0.29) is 34.6 Å². The number of hydrogen-bond donors (Lipinski definition) is 2. The molecule has 12 rings (SSSR count). The third kappa shape index (κ3) is 17.0. The molecule has 6 heterocycles. The number of carbonyl (C=O) groups is 2. The Labute approximate surface area is 457 Å². The van der Waals surface area contributed by atoms with Crippen molar-refractivity contribution in [2.75, 3.05) is 6.79 Å². The van der Waals surface area contributed by atoms with E-state index in [1.807, 2.05) is 18.2 Å². The molecule has 0 aliphatic carbocycles. The van der Waals surface area contributed by atoms with Gasteiger partial charge >= 0.3 is 45.7 Å². The second-order valence-electron chi connectivity index (χ2n) is 16.2. The van der Waals surface area contributed by atoms with Crippen molar-refractivity contribution in [2.24, 2.45) is 0 Å². The van der Waals surface area contributed by atoms with Crippen molar-refractivity contribution in [1.82, 2.24) is 0 Å². The van der Waals surface area contributed by atoms with Crippen LogP contribution < -0.4 is 43.2 Å². The lowest BCUT2D eigenvalue weighted by Crippen LogP contribution is -2.06. The van der Waals surface area contributed by atoms with Crippen LogP contribution in [0.15, 0.2) is 237 Å². The number of carbonyl (C=O) groups excluding carboxylic acids is 2. The van der Waals surface area contributed by atoms with Crippen LogP contribution in [0, 0.1) is 0 Å². The largest absolute Gasteiger partial charge is 0.508 e. The number of phenols is 2. The van der Waals surface area contributed by atoms with Crippen LogP contribution in [-0.4, -0.2) is 28.9 Å². The van der Waals surface area contributed by atoms with Crippen molar-refractivity contribution in [1.29, 1.82) is 0 Å². The summed E-state index contributed by atoms with van der Waals surface area (Å²) in [7, 11) is 0. The van der Waals surface area contributed by atoms with E-state index in [1.165, 1.54) is 74.5 Å². The zero-order valence-electron chi connectivity index (χ0n) is 41.6. The van der Waals surface area contributed by atoms with Gasteiger partial charge < -0.3 is 50.9 Å². The van der Waals surface area contributed by atoms with Crippen molar-refractivity contribution in [3.8, 4) is 23.0 Å². The maximum atomic E-state index is 11.0. The van der Waals surface area contributed by atoms with Crippen molar-refractivity contribution in [2.45, 2.75) is 13.8 Å². The predicted molar refractivity (Wildman–Crippen MR) is 297 cm³/mol. The summed E-state index contributed by atoms with van der Waals surface area (Å²) in [6.07, 6.45) is 0. The number of benzene rings is 6. The van der Waals surface area contributed by atoms with E-state index in [0.717, 1.165) is 26.9 Å². The van der Waals surface area contributed by atoms with Crippen LogP contribution in [0.5, 0.6) is 23.0 Å². The molecule has 404 valence electrons. The fraction of sp³-hybridized carbons (Fsp3) is 0.0508. The third-order valence-corrected chi connectivity index (χ3v) is 10.9. The highest BCUT2D eigenvalue weighted by Crippen LogP contribution is 2.28. The standard InChI is InChI=1S/C12H10O5.C11H8O4.C9H5ClO3.C9H5ClO2.C9H6O3.C9H6O2/c1-8(13)15-7-16-10-4-2-9-3-5-12(14)17-11(9)6-10;1-7(12)14-9-4-2-8-3-5-11(13)15-10(8)6-9;10-6-3-5-1-2-9(12)13-8(5)4-7(6)11;10-7-2-3-8-6(5-7)1-4-9(11)12-8;10-7-3-1-6-2-4-9(11)12-8(6)5-7;10-9-6-5-7-3-1-2-4-8(7)11-9/h2-6H,7H2,1H3;2-6H,1H3;1-4,11H;1-5H;1-5,10H;1-6H. The van der Waals surface area contributed by atoms with Gasteiger partial charge in [-0.15, -0.1) is 0 Å². The number of para-hydroxylation sites is 1. The van der Waals surface area contributed by atoms with E-state index in [2.05, 4.69) is 4.74 Å². The quantitative estimate of drug-likeness (QED) is 0.0716. The highest BCUT2D eigenvalue weighted by molar-refractivity contribution is 6.32. The molecule has 0 aliphatic heterocycles. The van der Waals surface area contributed by atoms with E-state index in [1.54, 1.807) is 103 Å². The van der Waals surface area contributed by atoms with Crippen LogP contribution in [-0.2, 0) is 14.3 Å². The first-order chi connectivity index (χ1) is 38.3. The topological polar surface area (TPSA) is 284 Å². The molecule has 6 aromatic heterocycles. The molecule has 0 spiro atoms. The van der Waals surface area contributed by atoms with Gasteiger partial charge in [0.1, 0.15) is 56.5 Å². The molecule has 0 fully saturated rings. The Morgan fingerprint density at radius 3 is 1.32 bits per heavy atom. The van der Waals surface area contributed by atoms with Gasteiger partial charge in [-0.3, -0.25) is 9.59 Å². The lowest BCUT2D eigenvalue weighted by atomic mass is 10.2. The van der Waals surface area contributed by atoms with Gasteiger partial charge in [-0.2, -0.15) is 0 Å². The molecule has 0 saturated carbocycles. The number of halogens is 2. The number of esters is 2. The zero-order chi connectivity index (χ0) is 57.3. The van der Waals surface area contributed by atoms with E-state index in [0.29, 0.717) is 55.4 Å². The average molecular weight is 1120 g/mol. The van der Waals surface area contributed by atoms with Crippen LogP contribution in [0.2, 0.25) is 10.0 Å². The number of fused-ring (bicyclic) bond motifs is 6. The number of aromatic hydroxyl groups is 2. The number of hydrogen-bond acceptors (Lipinski definition) is 19. The van der Waals surface area contributed by atoms with Gasteiger partial charge in [0.05, 0.1) is 5.02 Å². The maximum absolute atomic E-state index is 11.0. The van der Waals surface area contributed by atoms with Gasteiger partial charge in [0.15, 0.2) is 0 Å². The van der Waals surface area contributed by atoms with Crippen LogP contribution in [0.25, 0.3) is 65.8 Å². The van der Waals surface area contributed by atoms with Gasteiger partial charge in [0.25, 0.3) is 0 Å². The van der Waals surface area contributed by atoms with Crippen LogP contribution in [0.3, 0.4) is 0 Å². The van der Waals surface area contributed by atoms with Gasteiger partial charge in [-0.25, -0.2) is 28.8 Å². The molecule has 0 amide bonds. The van der Waals surface area contributed by atoms with Crippen LogP contribution in [0.4, 0.5) is 0 Å². The summed E-state index contributed by atoms with van der Waals surface area (Å²) in [4.78, 5) is 86.2. The molecule has 0 saturated heterocycles. The SMILES string of the molecule is CC(=O)OCOc1ccc2ccc(=O)oc2c1.CC(=O)Oc1ccc2ccc(=O)oc2c1.O=c1ccc2cc(Cl)c(O)cc2o1.O=c1ccc2cc(Cl)ccc2o1.O=c1ccc2ccc(O)cc2o1.O=c1ccc2ccccc2o1. The second kappa shape index (κ2) is 27.0. The summed E-state index contributed by atoms with van der Waals surface area (Å²) < 4.78 is 44.0. The molecular formula is C59H40Cl2O19. The van der Waals surface area contributed by atoms with Crippen molar-refractivity contribution < 1.29 is 60.5 Å². The molecule has 0 radical (unpaired) electrons. The minimum absolute atomic E-state index is 0.0940. The maximum Gasteiger partial charge on any atom is 0.336 e. The molecular weight excluding hydrogens is 1080 g/mol. The summed E-state index contributed by atoms with van der Waals surface area (Å²) >= 11 is 11.4. The molecule has 19 nitrogen and oxygen atoms in total. The van der Waals surface area contributed by atoms with E-state index >= 15 is 0 Å². The number of ether oxygens (including phenoxy) is 3. The Bertz CT molecular complexity index is 4550. The molecule has 6 aromatic carbocycles. The highest BCUT2D eigenvalue weighted by atomic mass is 35.5. The van der Waals surface area contributed by atoms with Crippen LogP contribution >= 0.6 is 23.2 Å². The normalized spacial score (nSPS) is 10.3. The fourth-order valence-electron chi connectivity index (χ4n) is 6.76. The van der Waals surface area contributed by atoms with Crippen molar-refractivity contribution in [3.05, 3.63) is 255 Å². The number of rotatable bonds is 4. The molecule has 0 unspecified atom stereocenters. The monoisotopic (exact) mass is 1120 g/mol. The van der Waals surface area contributed by atoms with E-state index in [9.17, 15) is 43.5 Å². The first-order valence-corrected chi connectivity index (χ1v) is 24.0. The smallest absolute Gasteiger partial charge is 0.336 e. The van der Waals surface area contributed by atoms with E-state index < -0.39 is 34.4 Å². The molecule has 80 heavy (non-hydrogen) atoms. The Balaban J connectivity index is 0.000000139. The Hall–Kier alpha value is -10.5. The summed E-state index contributed by atoms with van der Waals surface area (Å²) in [6.45, 7) is 2.44. The Morgan fingerprint density at radius 2 is 0.800 bits per heavy atom. The third-order valence-electron chi connectivity index (χ3n) is 10.3. The fourth-order valence-corrected chi connectivity index (χ4v) is 7.11. The summed E-state index contributed by atoms with van der Waals surface area (Å²) in [5, 5.41) is 24.0. The number of phenolic OH excluding ortho intramolecular Hbond substituents is 2. The Morgan fingerprint density at radius 1 is 0.400 bits per heavy atom. The average Bonchev–Trinajstić information content (AvgIpc) is 3.42. The lowest BCUT2D eigenvalue weighted by molar-refractivity contribution is -0.147. The van der Waals surface area contributed by atoms with Crippen molar-refractivity contribution >= 4 is 101 Å². The first-order valence-electron chi connectivity index (χ1n) is 23.2.